The topological polar surface area (TPSA) is 50.7 Å². The molecule has 2 atom stereocenters. The SMILES string of the molecule is CC(CO)(CCOCC1CCCCO1)NC1CC1. The van der Waals surface area contributed by atoms with Crippen LogP contribution in [0.3, 0.4) is 0 Å². The Labute approximate surface area is 110 Å². The lowest BCUT2D eigenvalue weighted by atomic mass is 9.99. The summed E-state index contributed by atoms with van der Waals surface area (Å²) in [4.78, 5) is 0. The first-order valence-electron chi connectivity index (χ1n) is 7.30. The Kier molecular flexibility index (Phi) is 5.42. The summed E-state index contributed by atoms with van der Waals surface area (Å²) in [5.74, 6) is 0. The van der Waals surface area contributed by atoms with Gasteiger partial charge < -0.3 is 19.9 Å². The summed E-state index contributed by atoms with van der Waals surface area (Å²) >= 11 is 0. The van der Waals surface area contributed by atoms with E-state index in [0.717, 1.165) is 19.4 Å². The number of nitrogens with one attached hydrogen (secondary N) is 1. The fourth-order valence-corrected chi connectivity index (χ4v) is 2.37. The van der Waals surface area contributed by atoms with Crippen LogP contribution in [0.4, 0.5) is 0 Å². The van der Waals surface area contributed by atoms with Crippen molar-refractivity contribution in [3.8, 4) is 0 Å². The lowest BCUT2D eigenvalue weighted by Crippen LogP contribution is -2.47. The number of ether oxygens (including phenoxy) is 2. The van der Waals surface area contributed by atoms with Crippen molar-refractivity contribution in [2.45, 2.75) is 63.1 Å². The second-order valence-corrected chi connectivity index (χ2v) is 5.95. The molecule has 2 unspecified atom stereocenters. The lowest BCUT2D eigenvalue weighted by molar-refractivity contribution is -0.0446. The van der Waals surface area contributed by atoms with Crippen LogP contribution in [0.25, 0.3) is 0 Å². The molecule has 1 saturated carbocycles. The van der Waals surface area contributed by atoms with E-state index < -0.39 is 0 Å². The number of aliphatic hydroxyl groups excluding tert-OH is 1. The number of rotatable bonds is 8. The molecule has 0 bridgehead atoms. The van der Waals surface area contributed by atoms with Gasteiger partial charge in [-0.2, -0.15) is 0 Å². The maximum Gasteiger partial charge on any atom is 0.0808 e. The molecule has 2 N–H and O–H groups in total. The van der Waals surface area contributed by atoms with Crippen molar-refractivity contribution >= 4 is 0 Å². The average molecular weight is 257 g/mol. The summed E-state index contributed by atoms with van der Waals surface area (Å²) in [6, 6.07) is 0.615. The van der Waals surface area contributed by atoms with Gasteiger partial charge in [-0.15, -0.1) is 0 Å². The highest BCUT2D eigenvalue weighted by Gasteiger charge is 2.31. The summed E-state index contributed by atoms with van der Waals surface area (Å²) in [5, 5.41) is 13.0. The fraction of sp³-hybridized carbons (Fsp3) is 1.00. The maximum atomic E-state index is 9.47. The highest BCUT2D eigenvalue weighted by molar-refractivity contribution is 4.92. The van der Waals surface area contributed by atoms with Crippen LogP contribution in [-0.2, 0) is 9.47 Å². The summed E-state index contributed by atoms with van der Waals surface area (Å²) in [6.07, 6.45) is 7.19. The van der Waals surface area contributed by atoms with Crippen molar-refractivity contribution in [1.82, 2.24) is 5.32 Å². The highest BCUT2D eigenvalue weighted by atomic mass is 16.5. The van der Waals surface area contributed by atoms with Crippen LogP contribution in [-0.4, -0.2) is 49.2 Å². The zero-order chi connectivity index (χ0) is 12.8. The smallest absolute Gasteiger partial charge is 0.0808 e. The average Bonchev–Trinajstić information content (AvgIpc) is 3.20. The summed E-state index contributed by atoms with van der Waals surface area (Å²) < 4.78 is 11.3. The second-order valence-electron chi connectivity index (χ2n) is 5.95. The summed E-state index contributed by atoms with van der Waals surface area (Å²) in [5.41, 5.74) is -0.186. The van der Waals surface area contributed by atoms with E-state index in [1.165, 1.54) is 25.7 Å². The van der Waals surface area contributed by atoms with E-state index in [1.54, 1.807) is 0 Å². The van der Waals surface area contributed by atoms with E-state index in [-0.39, 0.29) is 18.2 Å². The maximum absolute atomic E-state index is 9.47. The molecule has 0 aromatic heterocycles. The van der Waals surface area contributed by atoms with Gasteiger partial charge in [0.2, 0.25) is 0 Å². The van der Waals surface area contributed by atoms with Crippen molar-refractivity contribution in [3.63, 3.8) is 0 Å². The first-order valence-corrected chi connectivity index (χ1v) is 7.30. The largest absolute Gasteiger partial charge is 0.394 e. The zero-order valence-electron chi connectivity index (χ0n) is 11.5. The minimum absolute atomic E-state index is 0.173. The Bertz CT molecular complexity index is 239. The van der Waals surface area contributed by atoms with E-state index in [0.29, 0.717) is 19.3 Å². The van der Waals surface area contributed by atoms with Crippen molar-refractivity contribution in [1.29, 1.82) is 0 Å². The Morgan fingerprint density at radius 1 is 1.33 bits per heavy atom. The van der Waals surface area contributed by atoms with Crippen molar-refractivity contribution in [3.05, 3.63) is 0 Å². The first-order chi connectivity index (χ1) is 8.72. The van der Waals surface area contributed by atoms with Crippen molar-refractivity contribution in [2.75, 3.05) is 26.4 Å². The highest BCUT2D eigenvalue weighted by Crippen LogP contribution is 2.24. The van der Waals surface area contributed by atoms with E-state index >= 15 is 0 Å². The minimum Gasteiger partial charge on any atom is -0.394 e. The molecule has 0 aromatic carbocycles. The second kappa shape index (κ2) is 6.85. The Morgan fingerprint density at radius 2 is 2.17 bits per heavy atom. The van der Waals surface area contributed by atoms with Crippen LogP contribution < -0.4 is 5.32 Å². The fourth-order valence-electron chi connectivity index (χ4n) is 2.37. The molecule has 2 rings (SSSR count). The summed E-state index contributed by atoms with van der Waals surface area (Å²) in [6.45, 7) is 4.52. The van der Waals surface area contributed by atoms with E-state index in [4.69, 9.17) is 9.47 Å². The third kappa shape index (κ3) is 4.84. The number of hydrogen-bond acceptors (Lipinski definition) is 4. The van der Waals surface area contributed by atoms with E-state index in [2.05, 4.69) is 12.2 Å². The molecule has 4 heteroatoms. The monoisotopic (exact) mass is 257 g/mol. The Hall–Kier alpha value is -0.160. The van der Waals surface area contributed by atoms with Gasteiger partial charge >= 0.3 is 0 Å². The van der Waals surface area contributed by atoms with Crippen LogP contribution in [0.15, 0.2) is 0 Å². The van der Waals surface area contributed by atoms with Gasteiger partial charge in [-0.05, 0) is 45.4 Å². The molecule has 2 fully saturated rings. The molecule has 1 saturated heterocycles. The number of hydrogen-bond donors (Lipinski definition) is 2. The molecule has 106 valence electrons. The molecule has 1 heterocycles. The molecule has 0 amide bonds. The molecule has 2 aliphatic rings. The normalized spacial score (nSPS) is 28.0. The lowest BCUT2D eigenvalue weighted by Gasteiger charge is -2.29. The quantitative estimate of drug-likeness (QED) is 0.647. The van der Waals surface area contributed by atoms with Crippen molar-refractivity contribution in [2.24, 2.45) is 0 Å². The van der Waals surface area contributed by atoms with Gasteiger partial charge in [-0.25, -0.2) is 0 Å². The predicted octanol–water partition coefficient (Wildman–Crippen LogP) is 1.47. The molecule has 0 radical (unpaired) electrons. The Morgan fingerprint density at radius 3 is 2.78 bits per heavy atom. The Balaban J connectivity index is 1.57. The van der Waals surface area contributed by atoms with Crippen LogP contribution in [0.2, 0.25) is 0 Å². The molecule has 0 aromatic rings. The molecule has 0 spiro atoms. The van der Waals surface area contributed by atoms with Gasteiger partial charge in [-0.1, -0.05) is 0 Å². The molecule has 4 nitrogen and oxygen atoms in total. The van der Waals surface area contributed by atoms with Gasteiger partial charge in [0.25, 0.3) is 0 Å². The van der Waals surface area contributed by atoms with E-state index in [9.17, 15) is 5.11 Å². The van der Waals surface area contributed by atoms with Gasteiger partial charge in [0.15, 0.2) is 0 Å². The van der Waals surface area contributed by atoms with Gasteiger partial charge in [0, 0.05) is 24.8 Å². The zero-order valence-corrected chi connectivity index (χ0v) is 11.5. The van der Waals surface area contributed by atoms with E-state index in [1.807, 2.05) is 0 Å². The van der Waals surface area contributed by atoms with Gasteiger partial charge in [0.1, 0.15) is 0 Å². The first kappa shape index (κ1) is 14.3. The number of aliphatic hydroxyl groups is 1. The predicted molar refractivity (Wildman–Crippen MR) is 70.7 cm³/mol. The van der Waals surface area contributed by atoms with Crippen LogP contribution in [0.1, 0.15) is 45.4 Å². The van der Waals surface area contributed by atoms with Crippen LogP contribution >= 0.6 is 0 Å². The molecular weight excluding hydrogens is 230 g/mol. The van der Waals surface area contributed by atoms with Crippen LogP contribution in [0.5, 0.6) is 0 Å². The standard InChI is InChI=1S/C14H27NO3/c1-14(11-16,15-12-5-6-12)7-9-17-10-13-4-2-3-8-18-13/h12-13,15-16H,2-11H2,1H3. The molecular formula is C14H27NO3. The molecule has 1 aliphatic carbocycles. The minimum atomic E-state index is -0.186. The molecule has 18 heavy (non-hydrogen) atoms. The van der Waals surface area contributed by atoms with Gasteiger partial charge in [-0.3, -0.25) is 0 Å². The van der Waals surface area contributed by atoms with Crippen LogP contribution in [0, 0.1) is 0 Å². The third-order valence-corrected chi connectivity index (χ3v) is 3.85. The third-order valence-electron chi connectivity index (χ3n) is 3.85. The molecule has 1 aliphatic heterocycles. The van der Waals surface area contributed by atoms with Crippen molar-refractivity contribution < 1.29 is 14.6 Å². The summed E-state index contributed by atoms with van der Waals surface area (Å²) in [7, 11) is 0. The van der Waals surface area contributed by atoms with Gasteiger partial charge in [0.05, 0.1) is 19.3 Å².